The normalized spacial score (nSPS) is 17.2. The predicted molar refractivity (Wildman–Crippen MR) is 75.9 cm³/mol. The van der Waals surface area contributed by atoms with Crippen LogP contribution >= 0.6 is 0 Å². The van der Waals surface area contributed by atoms with Crippen molar-refractivity contribution in [3.05, 3.63) is 11.9 Å². The Kier molecular flexibility index (Phi) is 3.95. The lowest BCUT2D eigenvalue weighted by Gasteiger charge is -2.23. The third-order valence-electron chi connectivity index (χ3n) is 3.77. The quantitative estimate of drug-likeness (QED) is 0.843. The van der Waals surface area contributed by atoms with E-state index in [1.807, 2.05) is 0 Å². The van der Waals surface area contributed by atoms with Crippen molar-refractivity contribution < 1.29 is 0 Å². The van der Waals surface area contributed by atoms with Crippen molar-refractivity contribution in [1.82, 2.24) is 9.55 Å². The van der Waals surface area contributed by atoms with Crippen LogP contribution in [0.3, 0.4) is 0 Å². The number of hydrogen-bond acceptors (Lipinski definition) is 3. The van der Waals surface area contributed by atoms with E-state index in [1.54, 1.807) is 0 Å². The number of rotatable bonds is 6. The smallest absolute Gasteiger partial charge is 0.205 e. The summed E-state index contributed by atoms with van der Waals surface area (Å²) in [6.45, 7) is 7.40. The van der Waals surface area contributed by atoms with Crippen LogP contribution in [-0.2, 0) is 0 Å². The molecule has 1 unspecified atom stereocenters. The molecule has 102 valence electrons. The number of imidazole rings is 1. The molecule has 0 bridgehead atoms. The Morgan fingerprint density at radius 2 is 2.17 bits per heavy atom. The van der Waals surface area contributed by atoms with Crippen molar-refractivity contribution in [1.29, 1.82) is 0 Å². The monoisotopic (exact) mass is 250 g/mol. The van der Waals surface area contributed by atoms with Crippen molar-refractivity contribution in [2.24, 2.45) is 11.7 Å². The van der Waals surface area contributed by atoms with Gasteiger partial charge in [-0.05, 0) is 32.1 Å². The summed E-state index contributed by atoms with van der Waals surface area (Å²) in [5, 5.41) is 0. The minimum absolute atomic E-state index is 0.276. The maximum atomic E-state index is 6.10. The molecule has 0 amide bonds. The fourth-order valence-corrected chi connectivity index (χ4v) is 2.18. The van der Waals surface area contributed by atoms with Gasteiger partial charge < -0.3 is 15.2 Å². The van der Waals surface area contributed by atoms with Gasteiger partial charge in [0.25, 0.3) is 0 Å². The molecule has 0 aromatic carbocycles. The van der Waals surface area contributed by atoms with E-state index in [9.17, 15) is 0 Å². The molecule has 0 aliphatic heterocycles. The summed E-state index contributed by atoms with van der Waals surface area (Å²) >= 11 is 0. The van der Waals surface area contributed by atoms with E-state index in [1.165, 1.54) is 12.8 Å². The Labute approximate surface area is 110 Å². The molecule has 0 saturated heterocycles. The number of hydrogen-bond donors (Lipinski definition) is 1. The lowest BCUT2D eigenvalue weighted by Crippen LogP contribution is -2.32. The molecule has 0 spiro atoms. The Bertz CT molecular complexity index is 392. The van der Waals surface area contributed by atoms with Gasteiger partial charge in [0.15, 0.2) is 0 Å². The SMILES string of the molecule is Cc1cn(C2CC2)c(N(C)CCC(N)C(C)C)n1. The van der Waals surface area contributed by atoms with Gasteiger partial charge in [-0.1, -0.05) is 13.8 Å². The van der Waals surface area contributed by atoms with Crippen LogP contribution in [0.4, 0.5) is 5.95 Å². The van der Waals surface area contributed by atoms with Gasteiger partial charge in [0.05, 0.1) is 5.69 Å². The average molecular weight is 250 g/mol. The van der Waals surface area contributed by atoms with Crippen LogP contribution in [0.5, 0.6) is 0 Å². The van der Waals surface area contributed by atoms with Gasteiger partial charge in [-0.2, -0.15) is 0 Å². The first-order valence-electron chi connectivity index (χ1n) is 7.01. The molecule has 2 N–H and O–H groups in total. The Morgan fingerprint density at radius 3 is 2.72 bits per heavy atom. The summed E-state index contributed by atoms with van der Waals surface area (Å²) in [6.07, 6.45) is 5.78. The Morgan fingerprint density at radius 1 is 1.50 bits per heavy atom. The van der Waals surface area contributed by atoms with Crippen molar-refractivity contribution in [3.63, 3.8) is 0 Å². The summed E-state index contributed by atoms with van der Waals surface area (Å²) < 4.78 is 2.33. The standard InChI is InChI=1S/C14H26N4/c1-10(2)13(15)7-8-17(4)14-16-11(3)9-18(14)12-5-6-12/h9-10,12-13H,5-8,15H2,1-4H3. The zero-order chi connectivity index (χ0) is 13.3. The molecule has 4 nitrogen and oxygen atoms in total. The van der Waals surface area contributed by atoms with E-state index >= 15 is 0 Å². The molecule has 1 aliphatic rings. The number of anilines is 1. The van der Waals surface area contributed by atoms with Crippen molar-refractivity contribution in [2.75, 3.05) is 18.5 Å². The molecule has 1 aliphatic carbocycles. The van der Waals surface area contributed by atoms with Crippen molar-refractivity contribution in [3.8, 4) is 0 Å². The van der Waals surface area contributed by atoms with Crippen LogP contribution in [0.15, 0.2) is 6.20 Å². The number of nitrogens with two attached hydrogens (primary N) is 1. The molecular formula is C14H26N4. The summed E-state index contributed by atoms with van der Waals surface area (Å²) in [4.78, 5) is 6.89. The molecule has 1 aromatic rings. The van der Waals surface area contributed by atoms with Gasteiger partial charge in [-0.25, -0.2) is 4.98 Å². The molecule has 2 rings (SSSR count). The number of aromatic nitrogens is 2. The van der Waals surface area contributed by atoms with Crippen molar-refractivity contribution >= 4 is 5.95 Å². The van der Waals surface area contributed by atoms with Gasteiger partial charge >= 0.3 is 0 Å². The van der Waals surface area contributed by atoms with Gasteiger partial charge in [0, 0.05) is 31.9 Å². The van der Waals surface area contributed by atoms with Crippen LogP contribution in [0.2, 0.25) is 0 Å². The molecular weight excluding hydrogens is 224 g/mol. The van der Waals surface area contributed by atoms with Crippen LogP contribution in [-0.4, -0.2) is 29.2 Å². The first kappa shape index (κ1) is 13.4. The zero-order valence-electron chi connectivity index (χ0n) is 12.1. The van der Waals surface area contributed by atoms with E-state index in [0.29, 0.717) is 12.0 Å². The first-order valence-corrected chi connectivity index (χ1v) is 7.01. The van der Waals surface area contributed by atoms with Crippen LogP contribution in [0.1, 0.15) is 44.8 Å². The second-order valence-corrected chi connectivity index (χ2v) is 5.94. The Hall–Kier alpha value is -1.03. The first-order chi connectivity index (χ1) is 8.49. The molecule has 1 fully saturated rings. The minimum atomic E-state index is 0.276. The maximum Gasteiger partial charge on any atom is 0.205 e. The minimum Gasteiger partial charge on any atom is -0.345 e. The van der Waals surface area contributed by atoms with Crippen LogP contribution in [0.25, 0.3) is 0 Å². The van der Waals surface area contributed by atoms with Gasteiger partial charge in [-0.3, -0.25) is 0 Å². The van der Waals surface area contributed by atoms with E-state index in [-0.39, 0.29) is 6.04 Å². The number of aryl methyl sites for hydroxylation is 1. The second kappa shape index (κ2) is 5.31. The van der Waals surface area contributed by atoms with Gasteiger partial charge in [0.2, 0.25) is 5.95 Å². The van der Waals surface area contributed by atoms with Gasteiger partial charge in [-0.15, -0.1) is 0 Å². The predicted octanol–water partition coefficient (Wildman–Crippen LogP) is 2.34. The third kappa shape index (κ3) is 3.05. The van der Waals surface area contributed by atoms with Crippen molar-refractivity contribution in [2.45, 2.75) is 52.1 Å². The van der Waals surface area contributed by atoms with Crippen LogP contribution < -0.4 is 10.6 Å². The Balaban J connectivity index is 1.97. The highest BCUT2D eigenvalue weighted by atomic mass is 15.3. The van der Waals surface area contributed by atoms with E-state index in [0.717, 1.165) is 24.6 Å². The highest BCUT2D eigenvalue weighted by molar-refractivity contribution is 5.33. The lowest BCUT2D eigenvalue weighted by molar-refractivity contribution is 0.464. The summed E-state index contributed by atoms with van der Waals surface area (Å²) in [5.74, 6) is 1.65. The topological polar surface area (TPSA) is 47.1 Å². The average Bonchev–Trinajstić information content (AvgIpc) is 3.08. The molecule has 1 saturated carbocycles. The van der Waals surface area contributed by atoms with E-state index in [2.05, 4.69) is 48.5 Å². The fourth-order valence-electron chi connectivity index (χ4n) is 2.18. The third-order valence-corrected chi connectivity index (χ3v) is 3.77. The largest absolute Gasteiger partial charge is 0.345 e. The molecule has 1 heterocycles. The molecule has 0 radical (unpaired) electrons. The molecule has 18 heavy (non-hydrogen) atoms. The zero-order valence-corrected chi connectivity index (χ0v) is 12.1. The molecule has 1 aromatic heterocycles. The maximum absolute atomic E-state index is 6.10. The molecule has 4 heteroatoms. The number of nitrogens with zero attached hydrogens (tertiary/aromatic N) is 3. The highest BCUT2D eigenvalue weighted by Crippen LogP contribution is 2.38. The summed E-state index contributed by atoms with van der Waals surface area (Å²) in [5.41, 5.74) is 7.21. The highest BCUT2D eigenvalue weighted by Gasteiger charge is 2.27. The lowest BCUT2D eigenvalue weighted by atomic mass is 10.0. The van der Waals surface area contributed by atoms with Gasteiger partial charge in [0.1, 0.15) is 0 Å². The second-order valence-electron chi connectivity index (χ2n) is 5.94. The summed E-state index contributed by atoms with van der Waals surface area (Å²) in [7, 11) is 2.12. The molecule has 1 atom stereocenters. The summed E-state index contributed by atoms with van der Waals surface area (Å²) in [6, 6.07) is 0.959. The fraction of sp³-hybridized carbons (Fsp3) is 0.786. The van der Waals surface area contributed by atoms with E-state index in [4.69, 9.17) is 5.73 Å². The van der Waals surface area contributed by atoms with E-state index < -0.39 is 0 Å². The van der Waals surface area contributed by atoms with Crippen LogP contribution in [0, 0.1) is 12.8 Å².